The number of allylic oxidation sites excluding steroid dienone is 4. The summed E-state index contributed by atoms with van der Waals surface area (Å²) in [5.74, 6) is 0. The van der Waals surface area contributed by atoms with Gasteiger partial charge >= 0.3 is 0 Å². The van der Waals surface area contributed by atoms with Crippen LogP contribution in [-0.2, 0) is 0 Å². The van der Waals surface area contributed by atoms with Gasteiger partial charge in [0.2, 0.25) is 0 Å². The molecule has 0 bridgehead atoms. The number of hydrogen-bond donors (Lipinski definition) is 0. The van der Waals surface area contributed by atoms with Crippen molar-refractivity contribution in [2.75, 3.05) is 0 Å². The van der Waals surface area contributed by atoms with Gasteiger partial charge in [0.1, 0.15) is 0 Å². The Bertz CT molecular complexity index is 638. The molecule has 16 heavy (non-hydrogen) atoms. The Labute approximate surface area is 94.5 Å². The molecule has 0 heterocycles. The van der Waals surface area contributed by atoms with Crippen molar-refractivity contribution in [2.45, 2.75) is 0 Å². The molecule has 0 nitrogen and oxygen atoms in total. The van der Waals surface area contributed by atoms with Crippen molar-refractivity contribution >= 4 is 22.9 Å². The zero-order valence-corrected chi connectivity index (χ0v) is 8.93. The van der Waals surface area contributed by atoms with Crippen LogP contribution in [0.2, 0.25) is 0 Å². The summed E-state index contributed by atoms with van der Waals surface area (Å²) in [5.41, 5.74) is 0. The third kappa shape index (κ3) is 1.59. The fourth-order valence-corrected chi connectivity index (χ4v) is 2.01. The van der Waals surface area contributed by atoms with Crippen LogP contribution in [-0.4, -0.2) is 0 Å². The molecular weight excluding hydrogens is 192 g/mol. The molecule has 0 N–H and O–H groups in total. The van der Waals surface area contributed by atoms with Crippen molar-refractivity contribution in [3.63, 3.8) is 0 Å². The lowest BCUT2D eigenvalue weighted by molar-refractivity contribution is 1.56. The largest absolute Gasteiger partial charge is 0.0622 e. The molecule has 2 aromatic carbocycles. The molecule has 0 atom stereocenters. The fraction of sp³-hybridized carbons (Fsp3) is 0. The van der Waals surface area contributed by atoms with Gasteiger partial charge in [-0.05, 0) is 33.3 Å². The monoisotopic (exact) mass is 204 g/mol. The van der Waals surface area contributed by atoms with Crippen LogP contribution in [0, 0.1) is 0 Å². The molecule has 2 aromatic rings. The lowest BCUT2D eigenvalue weighted by atomic mass is 10.1. The quantitative estimate of drug-likeness (QED) is 0.618. The van der Waals surface area contributed by atoms with Crippen LogP contribution in [0.25, 0.3) is 22.9 Å². The van der Waals surface area contributed by atoms with Gasteiger partial charge in [-0.1, -0.05) is 60.7 Å². The topological polar surface area (TPSA) is 0 Å². The average Bonchev–Trinajstić information content (AvgIpc) is 2.29. The second-order valence-corrected chi connectivity index (χ2v) is 3.93. The highest BCUT2D eigenvalue weighted by atomic mass is 14.0. The first-order valence-electron chi connectivity index (χ1n) is 5.48. The van der Waals surface area contributed by atoms with Gasteiger partial charge in [-0.25, -0.2) is 0 Å². The first-order valence-corrected chi connectivity index (χ1v) is 5.48. The average molecular weight is 204 g/mol. The molecule has 0 saturated carbocycles. The minimum absolute atomic E-state index is 1.28. The summed E-state index contributed by atoms with van der Waals surface area (Å²) in [6.07, 6.45) is 12.6. The number of fused-ring (bicyclic) bond motifs is 2. The fourth-order valence-electron chi connectivity index (χ4n) is 2.01. The van der Waals surface area contributed by atoms with Gasteiger partial charge in [-0.15, -0.1) is 0 Å². The number of hydrogen-bond acceptors (Lipinski definition) is 0. The predicted molar refractivity (Wildman–Crippen MR) is 70.4 cm³/mol. The van der Waals surface area contributed by atoms with E-state index in [0.717, 1.165) is 0 Å². The highest BCUT2D eigenvalue weighted by Gasteiger charge is 1.92. The summed E-state index contributed by atoms with van der Waals surface area (Å²) in [7, 11) is 0. The normalized spacial score (nSPS) is 13.5. The van der Waals surface area contributed by atoms with Crippen molar-refractivity contribution < 1.29 is 0 Å². The maximum atomic E-state index is 2.24. The maximum Gasteiger partial charge on any atom is -0.0178 e. The minimum atomic E-state index is 1.28. The minimum Gasteiger partial charge on any atom is -0.0622 e. The zero-order valence-electron chi connectivity index (χ0n) is 8.93. The molecule has 0 saturated heterocycles. The Morgan fingerprint density at radius 3 is 1.56 bits per heavy atom. The molecule has 0 spiro atoms. The molecule has 3 rings (SSSR count). The zero-order chi connectivity index (χ0) is 10.8. The molecular formula is C16H12. The molecule has 0 radical (unpaired) electrons. The van der Waals surface area contributed by atoms with E-state index in [0.29, 0.717) is 0 Å². The van der Waals surface area contributed by atoms with E-state index in [9.17, 15) is 0 Å². The first-order chi connectivity index (χ1) is 7.93. The Morgan fingerprint density at radius 1 is 0.562 bits per heavy atom. The molecule has 0 unspecified atom stereocenters. The van der Waals surface area contributed by atoms with E-state index < -0.39 is 0 Å². The van der Waals surface area contributed by atoms with Gasteiger partial charge in [-0.3, -0.25) is 0 Å². The summed E-state index contributed by atoms with van der Waals surface area (Å²) >= 11 is 0. The molecule has 0 heteroatoms. The van der Waals surface area contributed by atoms with Gasteiger partial charge in [0.05, 0.1) is 0 Å². The van der Waals surface area contributed by atoms with Crippen molar-refractivity contribution in [3.8, 4) is 0 Å². The molecule has 1 aliphatic carbocycles. The van der Waals surface area contributed by atoms with Gasteiger partial charge in [0.15, 0.2) is 0 Å². The van der Waals surface area contributed by atoms with Crippen molar-refractivity contribution in [1.82, 2.24) is 0 Å². The van der Waals surface area contributed by atoms with E-state index in [4.69, 9.17) is 0 Å². The molecule has 0 aliphatic heterocycles. The second kappa shape index (κ2) is 3.82. The molecule has 0 fully saturated rings. The Balaban J connectivity index is 2.47. The predicted octanol–water partition coefficient (Wildman–Crippen LogP) is 2.53. The van der Waals surface area contributed by atoms with E-state index in [-0.39, 0.29) is 0 Å². The van der Waals surface area contributed by atoms with Crippen LogP contribution < -0.4 is 10.4 Å². The molecule has 0 aromatic heterocycles. The van der Waals surface area contributed by atoms with Gasteiger partial charge in [-0.2, -0.15) is 0 Å². The van der Waals surface area contributed by atoms with E-state index in [1.807, 2.05) is 0 Å². The van der Waals surface area contributed by atoms with Gasteiger partial charge < -0.3 is 0 Å². The lowest BCUT2D eigenvalue weighted by Crippen LogP contribution is -2.23. The van der Waals surface area contributed by atoms with E-state index in [1.165, 1.54) is 21.2 Å². The third-order valence-corrected chi connectivity index (χ3v) is 2.84. The summed E-state index contributed by atoms with van der Waals surface area (Å²) in [4.78, 5) is 0. The summed E-state index contributed by atoms with van der Waals surface area (Å²) in [6, 6.07) is 13.0. The Hall–Kier alpha value is -2.08. The lowest BCUT2D eigenvalue weighted by Gasteiger charge is -1.98. The number of benzene rings is 2. The van der Waals surface area contributed by atoms with Crippen LogP contribution >= 0.6 is 0 Å². The summed E-state index contributed by atoms with van der Waals surface area (Å²) in [6.45, 7) is 0. The van der Waals surface area contributed by atoms with Crippen molar-refractivity contribution in [1.29, 1.82) is 0 Å². The van der Waals surface area contributed by atoms with Crippen molar-refractivity contribution in [2.24, 2.45) is 0 Å². The molecule has 76 valence electrons. The van der Waals surface area contributed by atoms with Crippen LogP contribution in [0.5, 0.6) is 0 Å². The Morgan fingerprint density at radius 2 is 1.06 bits per heavy atom. The highest BCUT2D eigenvalue weighted by molar-refractivity contribution is 5.83. The third-order valence-electron chi connectivity index (χ3n) is 2.84. The SMILES string of the molecule is C1=CC=c2cc3ccccc3cc2=CC=C1. The second-order valence-electron chi connectivity index (χ2n) is 3.93. The van der Waals surface area contributed by atoms with E-state index in [2.05, 4.69) is 72.9 Å². The van der Waals surface area contributed by atoms with Crippen LogP contribution in [0.1, 0.15) is 0 Å². The standard InChI is InChI=1S/C16H12/c1-2-4-8-14-12-16-10-6-5-9-15(16)11-13(14)7-3-1/h1-12H. The van der Waals surface area contributed by atoms with Crippen LogP contribution in [0.3, 0.4) is 0 Å². The number of rotatable bonds is 0. The Kier molecular flexibility index (Phi) is 2.19. The van der Waals surface area contributed by atoms with Crippen molar-refractivity contribution in [3.05, 3.63) is 71.1 Å². The molecule has 1 aliphatic rings. The highest BCUT2D eigenvalue weighted by Crippen LogP contribution is 2.08. The smallest absolute Gasteiger partial charge is 0.0178 e. The van der Waals surface area contributed by atoms with Crippen LogP contribution in [0.4, 0.5) is 0 Å². The van der Waals surface area contributed by atoms with E-state index in [1.54, 1.807) is 0 Å². The van der Waals surface area contributed by atoms with Gasteiger partial charge in [0, 0.05) is 0 Å². The van der Waals surface area contributed by atoms with Gasteiger partial charge in [0.25, 0.3) is 0 Å². The maximum absolute atomic E-state index is 2.24. The van der Waals surface area contributed by atoms with Crippen LogP contribution in [0.15, 0.2) is 60.7 Å². The van der Waals surface area contributed by atoms with E-state index >= 15 is 0 Å². The molecule has 0 amide bonds. The first kappa shape index (κ1) is 9.17. The summed E-state index contributed by atoms with van der Waals surface area (Å²) in [5, 5.41) is 5.14. The summed E-state index contributed by atoms with van der Waals surface area (Å²) < 4.78 is 0.